The Balaban J connectivity index is 0.000000176. The van der Waals surface area contributed by atoms with Crippen molar-refractivity contribution in [1.29, 1.82) is 0 Å². The van der Waals surface area contributed by atoms with Crippen molar-refractivity contribution in [2.24, 2.45) is 5.41 Å². The molecule has 0 saturated heterocycles. The average Bonchev–Trinajstić information content (AvgIpc) is 3.60. The van der Waals surface area contributed by atoms with E-state index in [9.17, 15) is 0 Å². The molecule has 0 spiro atoms. The second kappa shape index (κ2) is 17.6. The quantitative estimate of drug-likeness (QED) is 0.149. The summed E-state index contributed by atoms with van der Waals surface area (Å²) in [4.78, 5) is 14.1. The molecule has 5 heteroatoms. The molecule has 9 aromatic rings. The summed E-state index contributed by atoms with van der Waals surface area (Å²) in [6, 6.07) is 56.9. The SMILES string of the molecule is CC(C)(C)Cc1ccnc(-c2[c-]ccc3c2oc2nc(Cc4ccccc4)ccc23)c1.Cc1c[c-]c(-c2cc(-c3ccccc3)c(C)cn2)cc1-c1ccccc1.[Ir]. The molecule has 0 aliphatic heterocycles. The monoisotopic (exact) mass is 932 g/mol. The van der Waals surface area contributed by atoms with Gasteiger partial charge in [-0.2, -0.15) is 0 Å². The van der Waals surface area contributed by atoms with Crippen molar-refractivity contribution < 1.29 is 24.5 Å². The van der Waals surface area contributed by atoms with Crippen LogP contribution in [0, 0.1) is 31.4 Å². The van der Waals surface area contributed by atoms with Crippen LogP contribution in [0.2, 0.25) is 0 Å². The van der Waals surface area contributed by atoms with Gasteiger partial charge in [0.05, 0.1) is 5.58 Å². The fourth-order valence-corrected chi connectivity index (χ4v) is 7.33. The molecule has 0 atom stereocenters. The third kappa shape index (κ3) is 9.24. The van der Waals surface area contributed by atoms with E-state index in [-0.39, 0.29) is 25.5 Å². The van der Waals surface area contributed by atoms with Crippen molar-refractivity contribution in [1.82, 2.24) is 15.0 Å². The molecule has 0 saturated carbocycles. The maximum atomic E-state index is 6.27. The summed E-state index contributed by atoms with van der Waals surface area (Å²) >= 11 is 0. The summed E-state index contributed by atoms with van der Waals surface area (Å²) in [5.74, 6) is 0. The largest absolute Gasteiger partial charge is 0.486 e. The average molecular weight is 932 g/mol. The fourth-order valence-electron chi connectivity index (χ4n) is 7.33. The minimum atomic E-state index is 0. The van der Waals surface area contributed by atoms with Crippen molar-refractivity contribution in [2.75, 3.05) is 0 Å². The predicted molar refractivity (Wildman–Crippen MR) is 235 cm³/mol. The molecular weight excluding hydrogens is 887 g/mol. The first kappa shape index (κ1) is 40.2. The Morgan fingerprint density at radius 1 is 0.621 bits per heavy atom. The Bertz CT molecular complexity index is 2700. The van der Waals surface area contributed by atoms with Gasteiger partial charge in [-0.25, -0.2) is 4.98 Å². The molecule has 0 fully saturated rings. The summed E-state index contributed by atoms with van der Waals surface area (Å²) in [5.41, 5.74) is 16.2. The number of benzene rings is 5. The summed E-state index contributed by atoms with van der Waals surface area (Å²) in [6.45, 7) is 11.0. The van der Waals surface area contributed by atoms with Crippen molar-refractivity contribution in [2.45, 2.75) is 47.5 Å². The first-order chi connectivity index (χ1) is 27.7. The summed E-state index contributed by atoms with van der Waals surface area (Å²) < 4.78 is 6.27. The van der Waals surface area contributed by atoms with E-state index in [0.29, 0.717) is 5.71 Å². The van der Waals surface area contributed by atoms with E-state index >= 15 is 0 Å². The number of aryl methyl sites for hydroxylation is 2. The number of hydrogen-bond donors (Lipinski definition) is 0. The van der Waals surface area contributed by atoms with E-state index in [1.807, 2.05) is 42.7 Å². The number of furan rings is 1. The van der Waals surface area contributed by atoms with Crippen LogP contribution >= 0.6 is 0 Å². The van der Waals surface area contributed by atoms with Crippen LogP contribution < -0.4 is 0 Å². The van der Waals surface area contributed by atoms with Crippen molar-refractivity contribution in [3.63, 3.8) is 0 Å². The number of rotatable bonds is 7. The minimum Gasteiger partial charge on any atom is -0.486 e. The Kier molecular flexibility index (Phi) is 12.2. The smallest absolute Gasteiger partial charge is 0.216 e. The molecule has 0 amide bonds. The Morgan fingerprint density at radius 3 is 1.98 bits per heavy atom. The third-order valence-corrected chi connectivity index (χ3v) is 10.1. The van der Waals surface area contributed by atoms with Gasteiger partial charge in [-0.15, -0.1) is 47.5 Å². The number of pyridine rings is 3. The van der Waals surface area contributed by atoms with Crippen LogP contribution in [0.1, 0.15) is 48.7 Å². The zero-order valence-electron chi connectivity index (χ0n) is 33.5. The van der Waals surface area contributed by atoms with Crippen LogP contribution in [0.4, 0.5) is 0 Å². The first-order valence-electron chi connectivity index (χ1n) is 19.5. The van der Waals surface area contributed by atoms with Crippen molar-refractivity contribution in [3.8, 4) is 44.8 Å². The molecule has 5 aromatic carbocycles. The molecule has 0 N–H and O–H groups in total. The Labute approximate surface area is 355 Å². The van der Waals surface area contributed by atoms with Crippen LogP contribution in [0.3, 0.4) is 0 Å². The number of nitrogens with zero attached hydrogens (tertiary/aromatic N) is 3. The van der Waals surface area contributed by atoms with E-state index in [1.54, 1.807) is 0 Å². The molecule has 1 radical (unpaired) electrons. The summed E-state index contributed by atoms with van der Waals surface area (Å²) in [7, 11) is 0. The van der Waals surface area contributed by atoms with Gasteiger partial charge in [0.15, 0.2) is 0 Å². The molecule has 289 valence electrons. The zero-order valence-corrected chi connectivity index (χ0v) is 35.9. The number of hydrogen-bond acceptors (Lipinski definition) is 4. The predicted octanol–water partition coefficient (Wildman–Crippen LogP) is 13.5. The van der Waals surface area contributed by atoms with Gasteiger partial charge in [-0.1, -0.05) is 153 Å². The van der Waals surface area contributed by atoms with Crippen molar-refractivity contribution >= 4 is 22.1 Å². The second-order valence-corrected chi connectivity index (χ2v) is 15.9. The van der Waals surface area contributed by atoms with Crippen LogP contribution in [-0.2, 0) is 32.9 Å². The van der Waals surface area contributed by atoms with E-state index in [0.717, 1.165) is 57.4 Å². The maximum Gasteiger partial charge on any atom is 0.216 e. The summed E-state index contributed by atoms with van der Waals surface area (Å²) in [5, 5.41) is 2.07. The standard InChI is InChI=1S/C28H25N2O.C25H20N.Ir/c1-28(2,3)18-20-14-15-29-25(17-20)24-11-7-10-22-23-13-12-21(30-27(23)31-26(22)24)16-19-8-5-4-6-9-19;1-18-13-14-22(15-23(18)20-9-5-3-6-10-20)25-16-24(19(2)17-26-25)21-11-7-4-8-12-21;/h4-10,12-15,17H,16,18H2,1-3H3;3-13,15-17H,1-2H3;/q2*-1;. The van der Waals surface area contributed by atoms with Crippen LogP contribution in [-0.4, -0.2) is 15.0 Å². The van der Waals surface area contributed by atoms with Crippen LogP contribution in [0.25, 0.3) is 66.8 Å². The second-order valence-electron chi connectivity index (χ2n) is 15.9. The topological polar surface area (TPSA) is 51.8 Å². The van der Waals surface area contributed by atoms with Gasteiger partial charge in [-0.3, -0.25) is 0 Å². The molecule has 4 aromatic heterocycles. The fraction of sp³-hybridized carbons (Fsp3) is 0.151. The Morgan fingerprint density at radius 2 is 1.29 bits per heavy atom. The molecule has 0 aliphatic carbocycles. The molecule has 9 rings (SSSR count). The van der Waals surface area contributed by atoms with Gasteiger partial charge >= 0.3 is 0 Å². The maximum absolute atomic E-state index is 6.27. The normalized spacial score (nSPS) is 11.2. The third-order valence-electron chi connectivity index (χ3n) is 10.1. The molecule has 4 nitrogen and oxygen atoms in total. The molecular formula is C53H45IrN3O-2. The molecule has 58 heavy (non-hydrogen) atoms. The molecule has 0 aliphatic rings. The van der Waals surface area contributed by atoms with Gasteiger partial charge < -0.3 is 14.4 Å². The molecule has 0 bridgehead atoms. The van der Waals surface area contributed by atoms with Crippen LogP contribution in [0.5, 0.6) is 0 Å². The van der Waals surface area contributed by atoms with Gasteiger partial charge in [0.1, 0.15) is 0 Å². The van der Waals surface area contributed by atoms with E-state index in [4.69, 9.17) is 9.40 Å². The van der Waals surface area contributed by atoms with E-state index in [1.165, 1.54) is 44.5 Å². The van der Waals surface area contributed by atoms with Crippen LogP contribution in [0.15, 0.2) is 162 Å². The minimum absolute atomic E-state index is 0. The number of aromatic nitrogens is 3. The molecule has 4 heterocycles. The number of fused-ring (bicyclic) bond motifs is 3. The van der Waals surface area contributed by atoms with E-state index in [2.05, 4.69) is 172 Å². The first-order valence-corrected chi connectivity index (χ1v) is 19.5. The van der Waals surface area contributed by atoms with Crippen molar-refractivity contribution in [3.05, 3.63) is 198 Å². The van der Waals surface area contributed by atoms with E-state index < -0.39 is 0 Å². The molecule has 0 unspecified atom stereocenters. The summed E-state index contributed by atoms with van der Waals surface area (Å²) in [6.07, 6.45) is 5.60. The van der Waals surface area contributed by atoms with Gasteiger partial charge in [-0.05, 0) is 76.2 Å². The Hall–Kier alpha value is -6.00. The van der Waals surface area contributed by atoms with Gasteiger partial charge in [0.25, 0.3) is 0 Å². The zero-order chi connectivity index (χ0) is 39.4. The van der Waals surface area contributed by atoms with Gasteiger partial charge in [0, 0.05) is 50.0 Å². The van der Waals surface area contributed by atoms with Gasteiger partial charge in [0.2, 0.25) is 5.71 Å².